The van der Waals surface area contributed by atoms with Crippen molar-refractivity contribution in [2.24, 2.45) is 0 Å². The van der Waals surface area contributed by atoms with Crippen molar-refractivity contribution in [3.8, 4) is 0 Å². The molecule has 5 nitrogen and oxygen atoms in total. The fraction of sp³-hybridized carbons (Fsp3) is 0.467. The summed E-state index contributed by atoms with van der Waals surface area (Å²) in [4.78, 5) is 11.8. The lowest BCUT2D eigenvalue weighted by Crippen LogP contribution is -2.19. The van der Waals surface area contributed by atoms with E-state index in [1.54, 1.807) is 13.0 Å². The average molecular weight is 400 g/mol. The number of halogens is 1. The predicted octanol–water partition coefficient (Wildman–Crippen LogP) is 3.52. The summed E-state index contributed by atoms with van der Waals surface area (Å²) in [7, 11) is 0. The van der Waals surface area contributed by atoms with E-state index in [-0.39, 0.29) is 12.2 Å². The first-order valence-electron chi connectivity index (χ1n) is 7.17. The number of nitrogens with zero attached hydrogens (tertiary/aromatic N) is 2. The Morgan fingerprint density at radius 2 is 2.38 bits per heavy atom. The largest absolute Gasteiger partial charge is 0.462 e. The fourth-order valence-electron chi connectivity index (χ4n) is 2.58. The van der Waals surface area contributed by atoms with Crippen LogP contribution in [0.15, 0.2) is 18.2 Å². The molecular formula is C15H17IN2O3. The van der Waals surface area contributed by atoms with Gasteiger partial charge in [0.05, 0.1) is 17.7 Å². The van der Waals surface area contributed by atoms with Crippen LogP contribution in [-0.4, -0.2) is 29.0 Å². The third-order valence-electron chi connectivity index (χ3n) is 3.60. The molecule has 0 amide bonds. The molecule has 1 saturated heterocycles. The van der Waals surface area contributed by atoms with E-state index < -0.39 is 0 Å². The minimum Gasteiger partial charge on any atom is -0.462 e. The first-order chi connectivity index (χ1) is 10.2. The molecule has 0 aliphatic carbocycles. The van der Waals surface area contributed by atoms with Gasteiger partial charge in [-0.15, -0.1) is 0 Å². The fourth-order valence-corrected chi connectivity index (χ4v) is 3.25. The van der Waals surface area contributed by atoms with E-state index in [2.05, 4.69) is 27.7 Å². The van der Waals surface area contributed by atoms with Crippen molar-refractivity contribution in [3.05, 3.63) is 27.5 Å². The minimum atomic E-state index is -0.295. The number of hydrogen-bond acceptors (Lipinski definition) is 4. The summed E-state index contributed by atoms with van der Waals surface area (Å²) in [6.45, 7) is 2.96. The molecule has 1 unspecified atom stereocenters. The van der Waals surface area contributed by atoms with Crippen LogP contribution in [0.1, 0.15) is 42.8 Å². The van der Waals surface area contributed by atoms with Gasteiger partial charge >= 0.3 is 5.97 Å². The lowest BCUT2D eigenvalue weighted by atomic mass is 10.1. The van der Waals surface area contributed by atoms with Crippen molar-refractivity contribution in [3.63, 3.8) is 0 Å². The number of esters is 1. The van der Waals surface area contributed by atoms with Crippen molar-refractivity contribution in [2.75, 3.05) is 13.2 Å². The second kappa shape index (κ2) is 6.31. The van der Waals surface area contributed by atoms with Gasteiger partial charge < -0.3 is 9.47 Å². The molecule has 1 fully saturated rings. The second-order valence-electron chi connectivity index (χ2n) is 5.01. The van der Waals surface area contributed by atoms with Crippen molar-refractivity contribution in [1.82, 2.24) is 9.78 Å². The molecule has 0 N–H and O–H groups in total. The highest BCUT2D eigenvalue weighted by Crippen LogP contribution is 2.29. The molecule has 2 heterocycles. The summed E-state index contributed by atoms with van der Waals surface area (Å²) < 4.78 is 13.7. The van der Waals surface area contributed by atoms with E-state index in [0.29, 0.717) is 12.2 Å². The molecular weight excluding hydrogens is 383 g/mol. The maximum atomic E-state index is 11.8. The van der Waals surface area contributed by atoms with Crippen LogP contribution in [0.5, 0.6) is 0 Å². The van der Waals surface area contributed by atoms with Crippen molar-refractivity contribution in [2.45, 2.75) is 32.4 Å². The molecule has 3 rings (SSSR count). The molecule has 6 heteroatoms. The van der Waals surface area contributed by atoms with Crippen LogP contribution >= 0.6 is 22.6 Å². The normalized spacial score (nSPS) is 18.9. The maximum Gasteiger partial charge on any atom is 0.338 e. The Kier molecular flexibility index (Phi) is 4.44. The highest BCUT2D eigenvalue weighted by atomic mass is 127. The van der Waals surface area contributed by atoms with Crippen LogP contribution in [0.3, 0.4) is 0 Å². The number of ether oxygens (including phenoxy) is 2. The Labute approximate surface area is 136 Å². The van der Waals surface area contributed by atoms with Crippen LogP contribution < -0.4 is 0 Å². The van der Waals surface area contributed by atoms with E-state index in [1.165, 1.54) is 0 Å². The second-order valence-corrected chi connectivity index (χ2v) is 6.03. The molecule has 21 heavy (non-hydrogen) atoms. The van der Waals surface area contributed by atoms with E-state index >= 15 is 0 Å². The summed E-state index contributed by atoms with van der Waals surface area (Å²) in [5, 5.41) is 5.55. The standard InChI is InChI=1S/C15H17IN2O3/c1-2-20-15(19)10-6-7-12-11(9-10)14(16)17-18(12)13-5-3-4-8-21-13/h6-7,9,13H,2-5,8H2,1H3. The van der Waals surface area contributed by atoms with Crippen LogP contribution in [0.2, 0.25) is 0 Å². The molecule has 1 aliphatic rings. The van der Waals surface area contributed by atoms with Gasteiger partial charge in [-0.1, -0.05) is 0 Å². The smallest absolute Gasteiger partial charge is 0.338 e. The molecule has 0 radical (unpaired) electrons. The Morgan fingerprint density at radius 3 is 3.10 bits per heavy atom. The highest BCUT2D eigenvalue weighted by molar-refractivity contribution is 14.1. The van der Waals surface area contributed by atoms with E-state index in [4.69, 9.17) is 9.47 Å². The van der Waals surface area contributed by atoms with Crippen LogP contribution in [-0.2, 0) is 9.47 Å². The molecule has 0 saturated carbocycles. The predicted molar refractivity (Wildman–Crippen MR) is 87.2 cm³/mol. The van der Waals surface area contributed by atoms with E-state index in [9.17, 15) is 4.79 Å². The quantitative estimate of drug-likeness (QED) is 0.585. The molecule has 1 aromatic carbocycles. The monoisotopic (exact) mass is 400 g/mol. The Bertz CT molecular complexity index is 662. The first-order valence-corrected chi connectivity index (χ1v) is 8.25. The number of rotatable bonds is 3. The van der Waals surface area contributed by atoms with Gasteiger partial charge in [0.2, 0.25) is 0 Å². The van der Waals surface area contributed by atoms with Gasteiger partial charge in [-0.3, -0.25) is 0 Å². The first kappa shape index (κ1) is 14.8. The van der Waals surface area contributed by atoms with Gasteiger partial charge in [-0.05, 0) is 67.0 Å². The topological polar surface area (TPSA) is 53.3 Å². The van der Waals surface area contributed by atoms with Crippen LogP contribution in [0, 0.1) is 3.70 Å². The van der Waals surface area contributed by atoms with E-state index in [1.807, 2.05) is 16.8 Å². The zero-order valence-corrected chi connectivity index (χ0v) is 14.0. The lowest BCUT2D eigenvalue weighted by molar-refractivity contribution is -0.0368. The molecule has 112 valence electrons. The van der Waals surface area contributed by atoms with Crippen LogP contribution in [0.25, 0.3) is 10.9 Å². The summed E-state index contributed by atoms with van der Waals surface area (Å²) in [5.74, 6) is -0.295. The van der Waals surface area contributed by atoms with Gasteiger partial charge in [-0.25, -0.2) is 9.48 Å². The number of aromatic nitrogens is 2. The van der Waals surface area contributed by atoms with Crippen molar-refractivity contribution < 1.29 is 14.3 Å². The molecule has 0 bridgehead atoms. The zero-order valence-electron chi connectivity index (χ0n) is 11.8. The third kappa shape index (κ3) is 2.91. The molecule has 0 spiro atoms. The number of carbonyl (C=O) groups excluding carboxylic acids is 1. The number of benzene rings is 1. The molecule has 1 aromatic heterocycles. The van der Waals surface area contributed by atoms with Gasteiger partial charge in [0.25, 0.3) is 0 Å². The summed E-state index contributed by atoms with van der Waals surface area (Å²) in [6.07, 6.45) is 3.24. The maximum absolute atomic E-state index is 11.8. The number of carbonyl (C=O) groups is 1. The Hall–Kier alpha value is -1.15. The molecule has 1 atom stereocenters. The molecule has 1 aliphatic heterocycles. The van der Waals surface area contributed by atoms with Gasteiger partial charge in [-0.2, -0.15) is 5.10 Å². The van der Waals surface area contributed by atoms with Crippen molar-refractivity contribution >= 4 is 39.5 Å². The van der Waals surface area contributed by atoms with Crippen LogP contribution in [0.4, 0.5) is 0 Å². The third-order valence-corrected chi connectivity index (χ3v) is 4.40. The summed E-state index contributed by atoms with van der Waals surface area (Å²) in [6, 6.07) is 5.56. The lowest BCUT2D eigenvalue weighted by Gasteiger charge is -2.23. The molecule has 2 aromatic rings. The highest BCUT2D eigenvalue weighted by Gasteiger charge is 2.21. The summed E-state index contributed by atoms with van der Waals surface area (Å²) >= 11 is 2.20. The van der Waals surface area contributed by atoms with Gasteiger partial charge in [0.15, 0.2) is 6.23 Å². The van der Waals surface area contributed by atoms with E-state index in [0.717, 1.165) is 40.5 Å². The summed E-state index contributed by atoms with van der Waals surface area (Å²) in [5.41, 5.74) is 1.56. The zero-order chi connectivity index (χ0) is 14.8. The number of hydrogen-bond donors (Lipinski definition) is 0. The van der Waals surface area contributed by atoms with Gasteiger partial charge in [0, 0.05) is 12.0 Å². The van der Waals surface area contributed by atoms with Crippen molar-refractivity contribution in [1.29, 1.82) is 0 Å². The SMILES string of the molecule is CCOC(=O)c1ccc2c(c1)c(I)nn2C1CCCCO1. The number of fused-ring (bicyclic) bond motifs is 1. The van der Waals surface area contributed by atoms with Gasteiger partial charge in [0.1, 0.15) is 3.70 Å². The Morgan fingerprint density at radius 1 is 1.52 bits per heavy atom. The minimum absolute atomic E-state index is 0.00166. The Balaban J connectivity index is 1.99. The average Bonchev–Trinajstić information content (AvgIpc) is 2.85.